The van der Waals surface area contributed by atoms with Gasteiger partial charge in [0.15, 0.2) is 0 Å². The van der Waals surface area contributed by atoms with Gasteiger partial charge >= 0.3 is 0 Å². The summed E-state index contributed by atoms with van der Waals surface area (Å²) < 4.78 is 6.28. The first-order chi connectivity index (χ1) is 24.5. The molecule has 0 bridgehead atoms. The van der Waals surface area contributed by atoms with Crippen molar-refractivity contribution in [2.24, 2.45) is 0 Å². The number of ether oxygens (including phenoxy) is 1. The van der Waals surface area contributed by atoms with E-state index in [0.29, 0.717) is 6.61 Å². The van der Waals surface area contributed by atoms with Crippen LogP contribution in [0, 0.1) is 0 Å². The molecule has 0 unspecified atom stereocenters. The van der Waals surface area contributed by atoms with Crippen LogP contribution >= 0.6 is 0 Å². The first-order valence-corrected chi connectivity index (χ1v) is 18.0. The SMILES string of the molecule is CC1(C)c2ccc(C3=Cc4ccc(-c5c6ccccc6cc6ccccc56)cc4CC3)cc2-c2ccc3ccc4c(c3c21)C/C=C\C=C/CO4. The Morgan fingerprint density at radius 3 is 2.22 bits per heavy atom. The van der Waals surface area contributed by atoms with Gasteiger partial charge in [0.1, 0.15) is 12.4 Å². The Kier molecular flexibility index (Phi) is 6.55. The summed E-state index contributed by atoms with van der Waals surface area (Å²) in [5.74, 6) is 0.998. The summed E-state index contributed by atoms with van der Waals surface area (Å²) in [5, 5.41) is 7.86. The van der Waals surface area contributed by atoms with Gasteiger partial charge in [0.05, 0.1) is 0 Å². The summed E-state index contributed by atoms with van der Waals surface area (Å²) >= 11 is 0. The van der Waals surface area contributed by atoms with E-state index in [4.69, 9.17) is 4.74 Å². The standard InChI is InChI=1S/C49H38O/c1-49(2)44-24-21-35(30-43(44)41-23-20-31-22-25-45-42(47(31)48(41)49)15-5-3-4-10-26-50-45)33-16-17-34-28-38(19-18-32(34)27-33)46-39-13-8-6-11-36(39)29-37-12-7-9-14-40(37)46/h3-14,18-25,27-30H,15-17,26H2,1-2H3/b5-3-,10-4-. The number of fused-ring (bicyclic) bond motifs is 10. The highest BCUT2D eigenvalue weighted by molar-refractivity contribution is 6.13. The van der Waals surface area contributed by atoms with E-state index in [1.807, 2.05) is 0 Å². The van der Waals surface area contributed by atoms with Crippen molar-refractivity contribution in [1.82, 2.24) is 0 Å². The highest BCUT2D eigenvalue weighted by Gasteiger charge is 2.38. The molecule has 0 aromatic heterocycles. The van der Waals surface area contributed by atoms with Gasteiger partial charge in [-0.1, -0.05) is 135 Å². The Hall–Kier alpha value is -5.66. The lowest BCUT2D eigenvalue weighted by Crippen LogP contribution is -2.16. The first-order valence-electron chi connectivity index (χ1n) is 18.0. The van der Waals surface area contributed by atoms with Crippen molar-refractivity contribution in [3.63, 3.8) is 0 Å². The van der Waals surface area contributed by atoms with Gasteiger partial charge in [-0.15, -0.1) is 0 Å². The zero-order chi connectivity index (χ0) is 33.4. The molecule has 50 heavy (non-hydrogen) atoms. The van der Waals surface area contributed by atoms with E-state index in [1.54, 1.807) is 0 Å². The van der Waals surface area contributed by atoms with Gasteiger partial charge in [0.2, 0.25) is 0 Å². The van der Waals surface area contributed by atoms with E-state index in [-0.39, 0.29) is 5.41 Å². The maximum atomic E-state index is 6.28. The third-order valence-corrected chi connectivity index (χ3v) is 11.5. The van der Waals surface area contributed by atoms with Crippen LogP contribution in [0.3, 0.4) is 0 Å². The van der Waals surface area contributed by atoms with Gasteiger partial charge in [-0.3, -0.25) is 0 Å². The van der Waals surface area contributed by atoms with E-state index < -0.39 is 0 Å². The average molecular weight is 643 g/mol. The minimum atomic E-state index is -0.117. The highest BCUT2D eigenvalue weighted by atomic mass is 16.5. The normalized spacial score (nSPS) is 17.0. The second-order valence-electron chi connectivity index (χ2n) is 14.7. The van der Waals surface area contributed by atoms with Crippen molar-refractivity contribution < 1.29 is 4.74 Å². The van der Waals surface area contributed by atoms with Gasteiger partial charge in [-0.2, -0.15) is 0 Å². The van der Waals surface area contributed by atoms with E-state index >= 15 is 0 Å². The van der Waals surface area contributed by atoms with Crippen LogP contribution in [0.15, 0.2) is 140 Å². The summed E-state index contributed by atoms with van der Waals surface area (Å²) in [6.07, 6.45) is 13.9. The van der Waals surface area contributed by atoms with Crippen LogP contribution in [0.4, 0.5) is 0 Å². The lowest BCUT2D eigenvalue weighted by molar-refractivity contribution is 0.360. The molecular formula is C49H38O. The molecule has 3 aliphatic rings. The molecule has 1 heterocycles. The number of allylic oxidation sites excluding steroid dienone is 4. The molecule has 7 aromatic carbocycles. The van der Waals surface area contributed by atoms with E-state index in [2.05, 4.69) is 159 Å². The zero-order valence-corrected chi connectivity index (χ0v) is 28.6. The number of aryl methyl sites for hydroxylation is 1. The van der Waals surface area contributed by atoms with Crippen LogP contribution < -0.4 is 4.74 Å². The van der Waals surface area contributed by atoms with E-state index in [1.165, 1.54) is 93.5 Å². The predicted octanol–water partition coefficient (Wildman–Crippen LogP) is 12.7. The van der Waals surface area contributed by atoms with Crippen molar-refractivity contribution in [1.29, 1.82) is 0 Å². The summed E-state index contributed by atoms with van der Waals surface area (Å²) in [6.45, 7) is 5.39. The summed E-state index contributed by atoms with van der Waals surface area (Å²) in [5.41, 5.74) is 14.9. The van der Waals surface area contributed by atoms with Crippen LogP contribution in [-0.4, -0.2) is 6.61 Å². The first kappa shape index (κ1) is 29.3. The molecule has 1 nitrogen and oxygen atoms in total. The van der Waals surface area contributed by atoms with Gasteiger partial charge in [0, 0.05) is 11.0 Å². The molecule has 0 radical (unpaired) electrons. The Morgan fingerprint density at radius 2 is 1.38 bits per heavy atom. The van der Waals surface area contributed by atoms with Crippen molar-refractivity contribution in [3.05, 3.63) is 173 Å². The number of rotatable bonds is 2. The summed E-state index contributed by atoms with van der Waals surface area (Å²) in [6, 6.07) is 43.4. The van der Waals surface area contributed by atoms with E-state index in [9.17, 15) is 0 Å². The molecule has 0 N–H and O–H groups in total. The number of hydrogen-bond donors (Lipinski definition) is 0. The molecule has 1 heteroatoms. The second-order valence-corrected chi connectivity index (χ2v) is 14.7. The molecule has 240 valence electrons. The molecule has 0 fully saturated rings. The lowest BCUT2D eigenvalue weighted by Gasteiger charge is -2.25. The van der Waals surface area contributed by atoms with Crippen LogP contribution in [0.25, 0.3) is 66.2 Å². The molecule has 0 saturated carbocycles. The Balaban J connectivity index is 1.06. The molecule has 0 saturated heterocycles. The minimum absolute atomic E-state index is 0.117. The van der Waals surface area contributed by atoms with Gasteiger partial charge in [0.25, 0.3) is 0 Å². The molecule has 7 aromatic rings. The van der Waals surface area contributed by atoms with Crippen LogP contribution in [0.2, 0.25) is 0 Å². The van der Waals surface area contributed by atoms with Crippen molar-refractivity contribution >= 4 is 44.0 Å². The fourth-order valence-electron chi connectivity index (χ4n) is 9.07. The Bertz CT molecular complexity index is 2590. The van der Waals surface area contributed by atoms with Crippen LogP contribution in [0.5, 0.6) is 5.75 Å². The third kappa shape index (κ3) is 4.46. The van der Waals surface area contributed by atoms with Crippen LogP contribution in [0.1, 0.15) is 53.6 Å². The summed E-state index contributed by atoms with van der Waals surface area (Å²) in [7, 11) is 0. The molecule has 0 spiro atoms. The fraction of sp³-hybridized carbons (Fsp3) is 0.143. The average Bonchev–Trinajstić information content (AvgIpc) is 3.45. The maximum absolute atomic E-state index is 6.28. The molecule has 10 rings (SSSR count). The minimum Gasteiger partial charge on any atom is -0.489 e. The molecular weight excluding hydrogens is 605 g/mol. The lowest BCUT2D eigenvalue weighted by atomic mass is 9.78. The monoisotopic (exact) mass is 642 g/mol. The molecule has 0 atom stereocenters. The fourth-order valence-corrected chi connectivity index (χ4v) is 9.07. The molecule has 0 amide bonds. The van der Waals surface area contributed by atoms with Crippen molar-refractivity contribution in [2.45, 2.75) is 38.5 Å². The smallest absolute Gasteiger partial charge is 0.123 e. The van der Waals surface area contributed by atoms with Crippen molar-refractivity contribution in [2.75, 3.05) is 6.61 Å². The van der Waals surface area contributed by atoms with Gasteiger partial charge in [-0.25, -0.2) is 0 Å². The van der Waals surface area contributed by atoms with Gasteiger partial charge < -0.3 is 4.74 Å². The topological polar surface area (TPSA) is 9.23 Å². The quantitative estimate of drug-likeness (QED) is 0.171. The Morgan fingerprint density at radius 1 is 0.620 bits per heavy atom. The summed E-state index contributed by atoms with van der Waals surface area (Å²) in [4.78, 5) is 0. The maximum Gasteiger partial charge on any atom is 0.123 e. The molecule has 1 aliphatic heterocycles. The highest BCUT2D eigenvalue weighted by Crippen LogP contribution is 2.53. The predicted molar refractivity (Wildman–Crippen MR) is 212 cm³/mol. The number of hydrogen-bond acceptors (Lipinski definition) is 1. The van der Waals surface area contributed by atoms with Crippen molar-refractivity contribution in [3.8, 4) is 28.0 Å². The second kappa shape index (κ2) is 11.2. The third-order valence-electron chi connectivity index (χ3n) is 11.5. The Labute approximate surface area is 293 Å². The van der Waals surface area contributed by atoms with E-state index in [0.717, 1.165) is 25.0 Å². The van der Waals surface area contributed by atoms with Crippen LogP contribution in [-0.2, 0) is 18.3 Å². The number of benzene rings is 7. The molecule has 2 aliphatic carbocycles. The largest absolute Gasteiger partial charge is 0.489 e. The zero-order valence-electron chi connectivity index (χ0n) is 28.6. The van der Waals surface area contributed by atoms with Gasteiger partial charge in [-0.05, 0) is 131 Å².